The first-order chi connectivity index (χ1) is 28.2. The van der Waals surface area contributed by atoms with E-state index in [1.807, 2.05) is 30.3 Å². The lowest BCUT2D eigenvalue weighted by atomic mass is 10.00. The molecule has 11 aromatic rings. The Labute approximate surface area is 330 Å². The second-order valence-corrected chi connectivity index (χ2v) is 14.5. The number of rotatable bonds is 6. The Hall–Kier alpha value is -7.69. The number of hydrogen-bond donors (Lipinski definition) is 0. The van der Waals surface area contributed by atoms with Crippen molar-refractivity contribution in [1.29, 1.82) is 0 Å². The molecular formula is C53H34N4. The lowest BCUT2D eigenvalue weighted by molar-refractivity contribution is 1.07. The van der Waals surface area contributed by atoms with Crippen LogP contribution >= 0.6 is 0 Å². The van der Waals surface area contributed by atoms with Gasteiger partial charge in [-0.05, 0) is 86.3 Å². The van der Waals surface area contributed by atoms with Crippen LogP contribution in [0.1, 0.15) is 0 Å². The van der Waals surface area contributed by atoms with Crippen molar-refractivity contribution < 1.29 is 0 Å². The molecule has 0 saturated carbocycles. The lowest BCUT2D eigenvalue weighted by Gasteiger charge is -2.12. The van der Waals surface area contributed by atoms with Crippen LogP contribution in [-0.4, -0.2) is 19.5 Å². The van der Waals surface area contributed by atoms with E-state index in [1.165, 1.54) is 48.9 Å². The number of nitrogens with zero attached hydrogens (tertiary/aromatic N) is 4. The maximum absolute atomic E-state index is 5.10. The Morgan fingerprint density at radius 1 is 0.263 bits per heavy atom. The molecule has 4 heteroatoms. The molecule has 0 radical (unpaired) electrons. The van der Waals surface area contributed by atoms with E-state index in [0.29, 0.717) is 17.5 Å². The van der Waals surface area contributed by atoms with Crippen molar-refractivity contribution >= 4 is 43.4 Å². The van der Waals surface area contributed by atoms with E-state index in [-0.39, 0.29) is 0 Å². The molecule has 266 valence electrons. The fourth-order valence-electron chi connectivity index (χ4n) is 8.13. The molecule has 11 rings (SSSR count). The predicted octanol–water partition coefficient (Wildman–Crippen LogP) is 13.6. The average molecular weight is 727 g/mol. The third-order valence-electron chi connectivity index (χ3n) is 11.0. The summed E-state index contributed by atoms with van der Waals surface area (Å²) in [6.45, 7) is 0. The number of aromatic nitrogens is 4. The van der Waals surface area contributed by atoms with E-state index in [4.69, 9.17) is 15.0 Å². The van der Waals surface area contributed by atoms with Crippen LogP contribution < -0.4 is 0 Å². The van der Waals surface area contributed by atoms with Crippen molar-refractivity contribution in [2.45, 2.75) is 0 Å². The molecule has 4 nitrogen and oxygen atoms in total. The van der Waals surface area contributed by atoms with Gasteiger partial charge in [0.15, 0.2) is 17.5 Å². The topological polar surface area (TPSA) is 43.6 Å². The summed E-state index contributed by atoms with van der Waals surface area (Å²) in [7, 11) is 0. The molecule has 57 heavy (non-hydrogen) atoms. The van der Waals surface area contributed by atoms with Crippen LogP contribution in [0.2, 0.25) is 0 Å². The Kier molecular flexibility index (Phi) is 7.78. The summed E-state index contributed by atoms with van der Waals surface area (Å²) >= 11 is 0. The van der Waals surface area contributed by atoms with Crippen molar-refractivity contribution in [3.63, 3.8) is 0 Å². The van der Waals surface area contributed by atoms with E-state index in [9.17, 15) is 0 Å². The molecule has 0 spiro atoms. The van der Waals surface area contributed by atoms with Crippen LogP contribution in [0.4, 0.5) is 0 Å². The minimum absolute atomic E-state index is 0.629. The molecule has 0 aliphatic rings. The minimum atomic E-state index is 0.629. The Morgan fingerprint density at radius 2 is 0.772 bits per heavy atom. The Morgan fingerprint density at radius 3 is 1.54 bits per heavy atom. The lowest BCUT2D eigenvalue weighted by Crippen LogP contribution is -2.00. The van der Waals surface area contributed by atoms with Gasteiger partial charge < -0.3 is 4.57 Å². The van der Waals surface area contributed by atoms with Gasteiger partial charge in [0.2, 0.25) is 0 Å². The minimum Gasteiger partial charge on any atom is -0.309 e. The maximum Gasteiger partial charge on any atom is 0.164 e. The smallest absolute Gasteiger partial charge is 0.164 e. The van der Waals surface area contributed by atoms with Crippen LogP contribution in [-0.2, 0) is 0 Å². The van der Waals surface area contributed by atoms with Crippen LogP contribution in [0.15, 0.2) is 206 Å². The quantitative estimate of drug-likeness (QED) is 0.171. The van der Waals surface area contributed by atoms with E-state index < -0.39 is 0 Å². The van der Waals surface area contributed by atoms with Gasteiger partial charge in [-0.25, -0.2) is 15.0 Å². The largest absolute Gasteiger partial charge is 0.309 e. The molecule has 0 N–H and O–H groups in total. The fraction of sp³-hybridized carbons (Fsp3) is 0. The van der Waals surface area contributed by atoms with Gasteiger partial charge in [0, 0.05) is 33.2 Å². The van der Waals surface area contributed by atoms with Gasteiger partial charge in [-0.2, -0.15) is 0 Å². The summed E-state index contributed by atoms with van der Waals surface area (Å²) in [5, 5.41) is 7.42. The number of para-hydroxylation sites is 1. The fourth-order valence-corrected chi connectivity index (χ4v) is 8.13. The monoisotopic (exact) mass is 726 g/mol. The summed E-state index contributed by atoms with van der Waals surface area (Å²) < 4.78 is 2.39. The zero-order valence-corrected chi connectivity index (χ0v) is 30.9. The van der Waals surface area contributed by atoms with E-state index in [1.54, 1.807) is 0 Å². The van der Waals surface area contributed by atoms with Gasteiger partial charge in [0.1, 0.15) is 0 Å². The van der Waals surface area contributed by atoms with Crippen molar-refractivity contribution in [3.05, 3.63) is 206 Å². The molecule has 0 saturated heterocycles. The Balaban J connectivity index is 0.992. The van der Waals surface area contributed by atoms with E-state index in [0.717, 1.165) is 39.1 Å². The van der Waals surface area contributed by atoms with Crippen molar-refractivity contribution in [1.82, 2.24) is 19.5 Å². The normalized spacial score (nSPS) is 11.5. The third kappa shape index (κ3) is 5.92. The van der Waals surface area contributed by atoms with Crippen LogP contribution in [0, 0.1) is 0 Å². The molecule has 0 aliphatic heterocycles. The SMILES string of the molecule is c1ccc(-c2nc(-c3ccc(-c4ccc5ccccc5c4)cc3)nc(-c3cccc(-c4cccc(-n5c6ccccc6c6cc7ccccc7cc65)c4)c3)n2)cc1. The molecule has 9 aromatic carbocycles. The molecule has 0 fully saturated rings. The zero-order chi connectivity index (χ0) is 37.7. The highest BCUT2D eigenvalue weighted by Crippen LogP contribution is 2.36. The second-order valence-electron chi connectivity index (χ2n) is 14.5. The van der Waals surface area contributed by atoms with Gasteiger partial charge in [-0.15, -0.1) is 0 Å². The maximum atomic E-state index is 5.10. The zero-order valence-electron chi connectivity index (χ0n) is 30.9. The molecule has 2 heterocycles. The number of hydrogen-bond acceptors (Lipinski definition) is 3. The first kappa shape index (κ1) is 32.7. The number of benzene rings is 9. The first-order valence-corrected chi connectivity index (χ1v) is 19.3. The highest BCUT2D eigenvalue weighted by atomic mass is 15.0. The van der Waals surface area contributed by atoms with Gasteiger partial charge >= 0.3 is 0 Å². The van der Waals surface area contributed by atoms with Crippen LogP contribution in [0.3, 0.4) is 0 Å². The first-order valence-electron chi connectivity index (χ1n) is 19.3. The molecule has 0 atom stereocenters. The van der Waals surface area contributed by atoms with Crippen molar-refractivity contribution in [2.75, 3.05) is 0 Å². The van der Waals surface area contributed by atoms with Crippen molar-refractivity contribution in [2.24, 2.45) is 0 Å². The summed E-state index contributed by atoms with van der Waals surface area (Å²) in [4.78, 5) is 15.2. The second kappa shape index (κ2) is 13.6. The molecule has 0 amide bonds. The molecule has 0 unspecified atom stereocenters. The Bertz CT molecular complexity index is 3290. The molecule has 0 bridgehead atoms. The van der Waals surface area contributed by atoms with Gasteiger partial charge in [-0.3, -0.25) is 0 Å². The summed E-state index contributed by atoms with van der Waals surface area (Å²) in [6.07, 6.45) is 0. The van der Waals surface area contributed by atoms with Gasteiger partial charge in [0.05, 0.1) is 11.0 Å². The summed E-state index contributed by atoms with van der Waals surface area (Å²) in [5.41, 5.74) is 10.8. The third-order valence-corrected chi connectivity index (χ3v) is 11.0. The van der Waals surface area contributed by atoms with Crippen molar-refractivity contribution in [3.8, 4) is 62.1 Å². The highest BCUT2D eigenvalue weighted by molar-refractivity contribution is 6.13. The average Bonchev–Trinajstić information content (AvgIpc) is 3.61. The van der Waals surface area contributed by atoms with Crippen LogP contribution in [0.25, 0.3) is 105 Å². The van der Waals surface area contributed by atoms with Crippen LogP contribution in [0.5, 0.6) is 0 Å². The molecule has 2 aromatic heterocycles. The molecular weight excluding hydrogens is 693 g/mol. The summed E-state index contributed by atoms with van der Waals surface area (Å²) in [5.74, 6) is 1.90. The predicted molar refractivity (Wildman–Crippen MR) is 236 cm³/mol. The molecule has 0 aliphatic carbocycles. The van der Waals surface area contributed by atoms with Gasteiger partial charge in [0.25, 0.3) is 0 Å². The number of fused-ring (bicyclic) bond motifs is 5. The standard InChI is InChI=1S/C53H34N4/c1-2-13-37(14-3-1)51-54-52(38-27-24-36(25-28-38)44-29-26-35-12-4-5-15-39(35)30-44)56-53(55-51)45-20-10-18-40(31-45)41-19-11-21-46(32-41)57-49-23-9-8-22-47(49)48-33-42-16-6-7-17-43(42)34-50(48)57/h1-34H. The van der Waals surface area contributed by atoms with E-state index in [2.05, 4.69) is 180 Å². The summed E-state index contributed by atoms with van der Waals surface area (Å²) in [6, 6.07) is 73.0. The van der Waals surface area contributed by atoms with Gasteiger partial charge in [-0.1, -0.05) is 164 Å². The highest BCUT2D eigenvalue weighted by Gasteiger charge is 2.16. The van der Waals surface area contributed by atoms with E-state index >= 15 is 0 Å².